The third kappa shape index (κ3) is 5.33. The fourth-order valence-corrected chi connectivity index (χ4v) is 3.83. The molecule has 0 fully saturated rings. The molecular weight excluding hydrogens is 430 g/mol. The molecule has 2 aromatic carbocycles. The van der Waals surface area contributed by atoms with Gasteiger partial charge in [-0.25, -0.2) is 0 Å². The molecule has 0 aliphatic rings. The van der Waals surface area contributed by atoms with E-state index in [2.05, 4.69) is 15.5 Å². The highest BCUT2D eigenvalue weighted by molar-refractivity contribution is 5.76. The molecule has 0 spiro atoms. The van der Waals surface area contributed by atoms with E-state index in [1.807, 2.05) is 69.3 Å². The van der Waals surface area contributed by atoms with Crippen molar-refractivity contribution in [3.05, 3.63) is 88.2 Å². The Morgan fingerprint density at radius 1 is 1.06 bits per heavy atom. The number of hydrogen-bond acceptors (Lipinski definition) is 5. The van der Waals surface area contributed by atoms with Crippen molar-refractivity contribution in [3.8, 4) is 11.4 Å². The molecule has 0 aliphatic heterocycles. The summed E-state index contributed by atoms with van der Waals surface area (Å²) < 4.78 is 8.70. The number of benzene rings is 2. The monoisotopic (exact) mass is 459 g/mol. The highest BCUT2D eigenvalue weighted by Crippen LogP contribution is 2.15. The molecule has 0 saturated heterocycles. The van der Waals surface area contributed by atoms with E-state index < -0.39 is 0 Å². The number of hydrogen-bond donors (Lipinski definition) is 1. The first-order valence-corrected chi connectivity index (χ1v) is 11.5. The lowest BCUT2D eigenvalue weighted by Gasteiger charge is -2.11. The number of nitrogens with zero attached hydrogens (tertiary/aromatic N) is 4. The number of nitrogens with one attached hydrogen (secondary N) is 1. The Morgan fingerprint density at radius 3 is 2.50 bits per heavy atom. The molecule has 1 amide bonds. The zero-order chi connectivity index (χ0) is 24.1. The molecule has 1 N–H and O–H groups in total. The summed E-state index contributed by atoms with van der Waals surface area (Å²) in [7, 11) is 0. The maximum Gasteiger partial charge on any atom is 0.300 e. The van der Waals surface area contributed by atoms with Gasteiger partial charge in [-0.3, -0.25) is 18.6 Å². The van der Waals surface area contributed by atoms with Crippen LogP contribution in [0.5, 0.6) is 5.75 Å². The first kappa shape index (κ1) is 23.2. The maximum absolute atomic E-state index is 13.0. The molecule has 8 nitrogen and oxygen atoms in total. The van der Waals surface area contributed by atoms with E-state index in [0.717, 1.165) is 17.0 Å². The number of fused-ring (bicyclic) bond motifs is 1. The number of amides is 1. The molecule has 8 heteroatoms. The van der Waals surface area contributed by atoms with E-state index in [1.165, 1.54) is 10.1 Å². The SMILES string of the molecule is CCOc1ccc(-n2ccn3c(C[C@@H](C)CC(=O)NCc4ccc(C)cc4)nnc3c2=O)cc1. The largest absolute Gasteiger partial charge is 0.494 e. The van der Waals surface area contributed by atoms with Crippen molar-refractivity contribution in [2.24, 2.45) is 5.92 Å². The molecule has 0 saturated carbocycles. The Bertz CT molecular complexity index is 1320. The van der Waals surface area contributed by atoms with Crippen LogP contribution in [-0.4, -0.2) is 31.7 Å². The highest BCUT2D eigenvalue weighted by atomic mass is 16.5. The van der Waals surface area contributed by atoms with Crippen LogP contribution in [0.4, 0.5) is 0 Å². The van der Waals surface area contributed by atoms with E-state index in [9.17, 15) is 9.59 Å². The maximum atomic E-state index is 13.0. The van der Waals surface area contributed by atoms with Gasteiger partial charge in [0.2, 0.25) is 11.6 Å². The molecule has 2 aromatic heterocycles. The van der Waals surface area contributed by atoms with Crippen molar-refractivity contribution < 1.29 is 9.53 Å². The van der Waals surface area contributed by atoms with Gasteiger partial charge in [-0.15, -0.1) is 10.2 Å². The van der Waals surface area contributed by atoms with Gasteiger partial charge in [0, 0.05) is 37.5 Å². The van der Waals surface area contributed by atoms with Crippen LogP contribution < -0.4 is 15.6 Å². The molecule has 0 aliphatic carbocycles. The fraction of sp³-hybridized carbons (Fsp3) is 0.308. The van der Waals surface area contributed by atoms with Crippen LogP contribution in [-0.2, 0) is 17.8 Å². The van der Waals surface area contributed by atoms with E-state index >= 15 is 0 Å². The van der Waals surface area contributed by atoms with Crippen molar-refractivity contribution in [1.82, 2.24) is 24.5 Å². The molecule has 0 radical (unpaired) electrons. The van der Waals surface area contributed by atoms with Gasteiger partial charge in [0.1, 0.15) is 11.6 Å². The Kier molecular flexibility index (Phi) is 7.06. The second kappa shape index (κ2) is 10.3. The van der Waals surface area contributed by atoms with Crippen LogP contribution in [0.25, 0.3) is 11.3 Å². The van der Waals surface area contributed by atoms with Crippen LogP contribution in [0.2, 0.25) is 0 Å². The van der Waals surface area contributed by atoms with Crippen LogP contribution in [0, 0.1) is 12.8 Å². The minimum absolute atomic E-state index is 0.0141. The number of carbonyl (C=O) groups excluding carboxylic acids is 1. The number of rotatable bonds is 9. The van der Waals surface area contributed by atoms with Gasteiger partial charge in [-0.1, -0.05) is 36.8 Å². The molecule has 176 valence electrons. The van der Waals surface area contributed by atoms with E-state index in [1.54, 1.807) is 16.8 Å². The predicted octanol–water partition coefficient (Wildman–Crippen LogP) is 3.47. The lowest BCUT2D eigenvalue weighted by atomic mass is 10.0. The Hall–Kier alpha value is -3.94. The smallest absolute Gasteiger partial charge is 0.300 e. The quantitative estimate of drug-likeness (QED) is 0.414. The molecule has 4 aromatic rings. The van der Waals surface area contributed by atoms with Gasteiger partial charge in [0.15, 0.2) is 0 Å². The van der Waals surface area contributed by atoms with Crippen molar-refractivity contribution in [1.29, 1.82) is 0 Å². The van der Waals surface area contributed by atoms with Crippen LogP contribution in [0.3, 0.4) is 0 Å². The average Bonchev–Trinajstić information content (AvgIpc) is 3.23. The first-order valence-electron chi connectivity index (χ1n) is 11.5. The van der Waals surface area contributed by atoms with E-state index in [-0.39, 0.29) is 23.0 Å². The molecule has 4 rings (SSSR count). The van der Waals surface area contributed by atoms with Gasteiger partial charge in [0.05, 0.1) is 6.61 Å². The Labute approximate surface area is 198 Å². The molecule has 2 heterocycles. The third-order valence-corrected chi connectivity index (χ3v) is 5.64. The first-order chi connectivity index (χ1) is 16.4. The fourth-order valence-electron chi connectivity index (χ4n) is 3.83. The lowest BCUT2D eigenvalue weighted by molar-refractivity contribution is -0.122. The molecule has 0 unspecified atom stereocenters. The second-order valence-corrected chi connectivity index (χ2v) is 8.49. The van der Waals surface area contributed by atoms with Gasteiger partial charge >= 0.3 is 5.56 Å². The Morgan fingerprint density at radius 2 is 1.79 bits per heavy atom. The molecule has 1 atom stereocenters. The van der Waals surface area contributed by atoms with Crippen molar-refractivity contribution in [3.63, 3.8) is 0 Å². The lowest BCUT2D eigenvalue weighted by Crippen LogP contribution is -2.25. The molecular formula is C26H29N5O3. The molecule has 34 heavy (non-hydrogen) atoms. The third-order valence-electron chi connectivity index (χ3n) is 5.64. The predicted molar refractivity (Wildman–Crippen MR) is 130 cm³/mol. The normalized spacial score (nSPS) is 12.0. The number of carbonyl (C=O) groups is 1. The summed E-state index contributed by atoms with van der Waals surface area (Å²) in [6, 6.07) is 15.4. The summed E-state index contributed by atoms with van der Waals surface area (Å²) in [6.07, 6.45) is 4.39. The summed E-state index contributed by atoms with van der Waals surface area (Å²) >= 11 is 0. The van der Waals surface area contributed by atoms with E-state index in [0.29, 0.717) is 31.8 Å². The van der Waals surface area contributed by atoms with Crippen LogP contribution in [0.1, 0.15) is 37.2 Å². The summed E-state index contributed by atoms with van der Waals surface area (Å²) in [5.41, 5.74) is 2.98. The average molecular weight is 460 g/mol. The summed E-state index contributed by atoms with van der Waals surface area (Å²) in [5.74, 6) is 1.44. The summed E-state index contributed by atoms with van der Waals surface area (Å²) in [4.78, 5) is 25.4. The van der Waals surface area contributed by atoms with Crippen LogP contribution >= 0.6 is 0 Å². The highest BCUT2D eigenvalue weighted by Gasteiger charge is 2.16. The second-order valence-electron chi connectivity index (χ2n) is 8.49. The molecule has 0 bridgehead atoms. The number of ether oxygens (including phenoxy) is 1. The van der Waals surface area contributed by atoms with Crippen molar-refractivity contribution in [2.45, 2.75) is 40.2 Å². The Balaban J connectivity index is 1.41. The standard InChI is InChI=1S/C26H29N5O3/c1-4-34-22-11-9-21(10-12-22)30-13-14-31-23(28-29-25(31)26(30)33)15-19(3)16-24(32)27-17-20-7-5-18(2)6-8-20/h5-14,19H,4,15-17H2,1-3H3,(H,27,32)/t19-/m1/s1. The number of aromatic nitrogens is 4. The van der Waals surface area contributed by atoms with Crippen molar-refractivity contribution in [2.75, 3.05) is 6.61 Å². The van der Waals surface area contributed by atoms with Gasteiger partial charge in [-0.2, -0.15) is 0 Å². The minimum atomic E-state index is -0.256. The van der Waals surface area contributed by atoms with Crippen molar-refractivity contribution >= 4 is 11.6 Å². The zero-order valence-corrected chi connectivity index (χ0v) is 19.7. The summed E-state index contributed by atoms with van der Waals surface area (Å²) in [5, 5.41) is 11.3. The minimum Gasteiger partial charge on any atom is -0.494 e. The topological polar surface area (TPSA) is 90.5 Å². The zero-order valence-electron chi connectivity index (χ0n) is 19.7. The van der Waals surface area contributed by atoms with Crippen LogP contribution in [0.15, 0.2) is 65.7 Å². The van der Waals surface area contributed by atoms with Gasteiger partial charge < -0.3 is 10.1 Å². The van der Waals surface area contributed by atoms with E-state index in [4.69, 9.17) is 4.74 Å². The van der Waals surface area contributed by atoms with Gasteiger partial charge in [-0.05, 0) is 49.6 Å². The van der Waals surface area contributed by atoms with Gasteiger partial charge in [0.25, 0.3) is 0 Å². The summed E-state index contributed by atoms with van der Waals surface area (Å²) in [6.45, 7) is 7.04. The number of aryl methyl sites for hydroxylation is 1.